The van der Waals surface area contributed by atoms with Gasteiger partial charge in [0.05, 0.1) is 11.6 Å². The molecule has 0 amide bonds. The summed E-state index contributed by atoms with van der Waals surface area (Å²) in [6.45, 7) is 8.81. The first-order valence-electron chi connectivity index (χ1n) is 13.0. The third kappa shape index (κ3) is 3.25. The first kappa shape index (κ1) is 22.0. The highest BCUT2D eigenvalue weighted by Gasteiger charge is 2.44. The van der Waals surface area contributed by atoms with Crippen molar-refractivity contribution >= 4 is 28.4 Å². The lowest BCUT2D eigenvalue weighted by molar-refractivity contribution is 0.105. The Labute approximate surface area is 216 Å². The topological polar surface area (TPSA) is 47.3 Å². The maximum Gasteiger partial charge on any atom is 0.193 e. The Hall–Kier alpha value is -3.20. The number of nitrogens with zero attached hydrogens (tertiary/aromatic N) is 3. The number of nitriles is 1. The van der Waals surface area contributed by atoms with E-state index in [0.717, 1.165) is 66.5 Å². The van der Waals surface area contributed by atoms with E-state index in [9.17, 15) is 10.1 Å². The molecule has 0 spiro atoms. The molecule has 4 nitrogen and oxygen atoms in total. The van der Waals surface area contributed by atoms with Crippen LogP contribution in [0.5, 0.6) is 0 Å². The minimum Gasteiger partial charge on any atom is -0.368 e. The highest BCUT2D eigenvalue weighted by molar-refractivity contribution is 7.13. The van der Waals surface area contributed by atoms with Crippen LogP contribution in [-0.2, 0) is 11.8 Å². The van der Waals surface area contributed by atoms with Gasteiger partial charge in [0.1, 0.15) is 0 Å². The second kappa shape index (κ2) is 7.90. The van der Waals surface area contributed by atoms with Crippen molar-refractivity contribution in [3.8, 4) is 16.5 Å². The molecule has 1 aliphatic heterocycles. The molecule has 3 aromatic rings. The minimum absolute atomic E-state index is 0.130. The lowest BCUT2D eigenvalue weighted by Crippen LogP contribution is -2.47. The highest BCUT2D eigenvalue weighted by Crippen LogP contribution is 2.52. The summed E-state index contributed by atoms with van der Waals surface area (Å²) in [7, 11) is 0. The van der Waals surface area contributed by atoms with Gasteiger partial charge < -0.3 is 4.90 Å². The Morgan fingerprint density at radius 1 is 1.00 bits per heavy atom. The van der Waals surface area contributed by atoms with Crippen LogP contribution in [0.15, 0.2) is 53.4 Å². The summed E-state index contributed by atoms with van der Waals surface area (Å²) in [6, 6.07) is 17.6. The first-order chi connectivity index (χ1) is 17.5. The number of ketones is 1. The van der Waals surface area contributed by atoms with Crippen molar-refractivity contribution in [3.05, 3.63) is 81.2 Å². The molecule has 1 saturated carbocycles. The molecule has 1 saturated heterocycles. The molecule has 36 heavy (non-hydrogen) atoms. The van der Waals surface area contributed by atoms with Gasteiger partial charge in [-0.3, -0.25) is 9.69 Å². The third-order valence-electron chi connectivity index (χ3n) is 8.71. The number of anilines is 1. The molecule has 0 N–H and O–H groups in total. The summed E-state index contributed by atoms with van der Waals surface area (Å²) in [4.78, 5) is 20.5. The summed E-state index contributed by atoms with van der Waals surface area (Å²) in [5.74, 6) is 0.130. The Balaban J connectivity index is 1.35. The molecule has 4 aliphatic rings. The number of piperazine rings is 1. The van der Waals surface area contributed by atoms with Gasteiger partial charge in [0.15, 0.2) is 5.78 Å². The van der Waals surface area contributed by atoms with Crippen LogP contribution in [0.1, 0.15) is 59.3 Å². The highest BCUT2D eigenvalue weighted by atomic mass is 32.1. The minimum atomic E-state index is -0.261. The zero-order valence-corrected chi connectivity index (χ0v) is 21.6. The molecule has 2 heterocycles. The standard InChI is InChI=1S/C31H29N3OS/c1-31(2)25-17-27(34-11-9-33(10-12-34)21-6-7-21)24(28-4-3-13-36-28)16-23(25)30(35)29-22-8-5-19(18-32)14-20(22)15-26(29)31/h3-5,8,13-14,16-17,21H,6-7,9-12,15H2,1-2H3. The Bertz CT molecular complexity index is 1480. The second-order valence-electron chi connectivity index (χ2n) is 11.1. The van der Waals surface area contributed by atoms with Crippen LogP contribution in [0.3, 0.4) is 0 Å². The van der Waals surface area contributed by atoms with Crippen molar-refractivity contribution in [2.24, 2.45) is 0 Å². The molecule has 0 bridgehead atoms. The molecule has 0 atom stereocenters. The lowest BCUT2D eigenvalue weighted by atomic mass is 9.68. The number of thiophene rings is 1. The molecule has 180 valence electrons. The van der Waals surface area contributed by atoms with E-state index in [2.05, 4.69) is 59.4 Å². The van der Waals surface area contributed by atoms with Gasteiger partial charge in [-0.2, -0.15) is 5.26 Å². The lowest BCUT2D eigenvalue weighted by Gasteiger charge is -2.40. The van der Waals surface area contributed by atoms with E-state index in [4.69, 9.17) is 0 Å². The number of hydrogen-bond donors (Lipinski definition) is 0. The summed E-state index contributed by atoms with van der Waals surface area (Å²) in [5, 5.41) is 11.5. The molecule has 2 fully saturated rings. The molecule has 2 aromatic carbocycles. The molecular weight excluding hydrogens is 462 g/mol. The number of fused-ring (bicyclic) bond motifs is 3. The van der Waals surface area contributed by atoms with Gasteiger partial charge in [-0.05, 0) is 77.2 Å². The van der Waals surface area contributed by atoms with Crippen LogP contribution in [-0.4, -0.2) is 42.9 Å². The van der Waals surface area contributed by atoms with E-state index in [1.54, 1.807) is 11.3 Å². The molecule has 0 unspecified atom stereocenters. The van der Waals surface area contributed by atoms with Crippen LogP contribution in [0.2, 0.25) is 0 Å². The molecule has 7 rings (SSSR count). The summed E-state index contributed by atoms with van der Waals surface area (Å²) < 4.78 is 0. The number of allylic oxidation sites excluding steroid dienone is 2. The van der Waals surface area contributed by atoms with Crippen LogP contribution in [0.4, 0.5) is 5.69 Å². The van der Waals surface area contributed by atoms with Crippen molar-refractivity contribution in [3.63, 3.8) is 0 Å². The van der Waals surface area contributed by atoms with Gasteiger partial charge in [-0.1, -0.05) is 26.0 Å². The van der Waals surface area contributed by atoms with Crippen LogP contribution in [0.25, 0.3) is 16.0 Å². The van der Waals surface area contributed by atoms with Crippen molar-refractivity contribution in [2.75, 3.05) is 31.1 Å². The zero-order valence-electron chi connectivity index (χ0n) is 20.8. The molecular formula is C31H29N3OS. The van der Waals surface area contributed by atoms with Crippen LogP contribution < -0.4 is 4.90 Å². The number of hydrogen-bond acceptors (Lipinski definition) is 5. The van der Waals surface area contributed by atoms with Gasteiger partial charge in [-0.15, -0.1) is 11.3 Å². The van der Waals surface area contributed by atoms with E-state index < -0.39 is 0 Å². The van der Waals surface area contributed by atoms with Gasteiger partial charge in [0.2, 0.25) is 0 Å². The van der Waals surface area contributed by atoms with E-state index in [-0.39, 0.29) is 11.2 Å². The zero-order chi connectivity index (χ0) is 24.6. The van der Waals surface area contributed by atoms with Crippen molar-refractivity contribution in [1.82, 2.24) is 4.90 Å². The van der Waals surface area contributed by atoms with Crippen molar-refractivity contribution < 1.29 is 4.79 Å². The fraction of sp³-hybridized carbons (Fsp3) is 0.355. The fourth-order valence-electron chi connectivity index (χ4n) is 6.54. The van der Waals surface area contributed by atoms with Crippen molar-refractivity contribution in [2.45, 2.75) is 44.6 Å². The average molecular weight is 492 g/mol. The quantitative estimate of drug-likeness (QED) is 0.447. The molecule has 5 heteroatoms. The Morgan fingerprint density at radius 3 is 2.50 bits per heavy atom. The van der Waals surface area contributed by atoms with E-state index >= 15 is 0 Å². The van der Waals surface area contributed by atoms with Gasteiger partial charge in [-0.25, -0.2) is 0 Å². The predicted molar refractivity (Wildman–Crippen MR) is 146 cm³/mol. The average Bonchev–Trinajstić information content (AvgIpc) is 3.45. The molecule has 1 aromatic heterocycles. The number of carbonyl (C=O) groups excluding carboxylic acids is 1. The number of carbonyl (C=O) groups is 1. The van der Waals surface area contributed by atoms with Crippen molar-refractivity contribution in [1.29, 1.82) is 5.26 Å². The van der Waals surface area contributed by atoms with E-state index in [1.807, 2.05) is 18.2 Å². The van der Waals surface area contributed by atoms with Crippen LogP contribution >= 0.6 is 11.3 Å². The largest absolute Gasteiger partial charge is 0.368 e. The van der Waals surface area contributed by atoms with Crippen LogP contribution in [0, 0.1) is 11.3 Å². The third-order valence-corrected chi connectivity index (χ3v) is 9.62. The summed E-state index contributed by atoms with van der Waals surface area (Å²) >= 11 is 1.74. The monoisotopic (exact) mass is 491 g/mol. The SMILES string of the molecule is CC1(C)C2=C(C(=O)c3cc(-c4cccs4)c(N4CCN(C5CC5)CC4)cc31)c1ccc(C#N)cc1C2. The Kier molecular flexibility index (Phi) is 4.83. The predicted octanol–water partition coefficient (Wildman–Crippen LogP) is 6.05. The molecule has 3 aliphatic carbocycles. The fourth-order valence-corrected chi connectivity index (χ4v) is 7.29. The number of Topliss-reactive ketones (excluding diaryl/α,β-unsaturated/α-hetero) is 1. The van der Waals surface area contributed by atoms with E-state index in [0.29, 0.717) is 5.56 Å². The normalized spacial score (nSPS) is 20.7. The maximum absolute atomic E-state index is 14.1. The van der Waals surface area contributed by atoms with Gasteiger partial charge >= 0.3 is 0 Å². The maximum atomic E-state index is 14.1. The summed E-state index contributed by atoms with van der Waals surface area (Å²) in [5.41, 5.74) is 8.96. The summed E-state index contributed by atoms with van der Waals surface area (Å²) in [6.07, 6.45) is 3.44. The first-order valence-corrected chi connectivity index (χ1v) is 13.9. The second-order valence-corrected chi connectivity index (χ2v) is 12.1. The smallest absolute Gasteiger partial charge is 0.193 e. The van der Waals surface area contributed by atoms with E-state index in [1.165, 1.54) is 34.5 Å². The number of benzene rings is 2. The number of rotatable bonds is 3. The molecule has 0 radical (unpaired) electrons. The van der Waals surface area contributed by atoms with Gasteiger partial charge in [0, 0.05) is 64.9 Å². The van der Waals surface area contributed by atoms with Gasteiger partial charge in [0.25, 0.3) is 0 Å². The Morgan fingerprint density at radius 2 is 1.81 bits per heavy atom.